The van der Waals surface area contributed by atoms with Crippen molar-refractivity contribution in [3.05, 3.63) is 0 Å². The molecule has 1 saturated heterocycles. The molecule has 114 valence electrons. The summed E-state index contributed by atoms with van der Waals surface area (Å²) in [4.78, 5) is 2.74. The van der Waals surface area contributed by atoms with E-state index in [2.05, 4.69) is 60.4 Å². The van der Waals surface area contributed by atoms with Gasteiger partial charge in [0, 0.05) is 12.1 Å². The maximum Gasteiger partial charge on any atom is 0.0179 e. The lowest BCUT2D eigenvalue weighted by molar-refractivity contribution is -0.0614. The molecule has 1 heteroatoms. The first-order chi connectivity index (χ1) is 8.81. The normalized spacial score (nSPS) is 33.9. The van der Waals surface area contributed by atoms with Gasteiger partial charge in [-0.1, -0.05) is 61.3 Å². The van der Waals surface area contributed by atoms with E-state index in [0.717, 1.165) is 29.8 Å². The van der Waals surface area contributed by atoms with E-state index in [4.69, 9.17) is 0 Å². The maximum atomic E-state index is 2.74. The largest absolute Gasteiger partial charge is 0.300 e. The molecule has 0 amide bonds. The molecule has 0 radical (unpaired) electrons. The summed E-state index contributed by atoms with van der Waals surface area (Å²) in [5.41, 5.74) is 0.399. The third kappa shape index (κ3) is 3.17. The van der Waals surface area contributed by atoms with Crippen LogP contribution in [0.1, 0.15) is 74.1 Å². The molecular formula is C18H37N. The Balaban J connectivity index is 3.12. The van der Waals surface area contributed by atoms with E-state index in [9.17, 15) is 0 Å². The molecule has 1 nitrogen and oxygen atoms in total. The monoisotopic (exact) mass is 267 g/mol. The molecule has 0 aromatic heterocycles. The molecule has 4 atom stereocenters. The zero-order chi connectivity index (χ0) is 14.8. The minimum atomic E-state index is 0.399. The molecule has 0 saturated carbocycles. The lowest BCUT2D eigenvalue weighted by atomic mass is 9.62. The predicted molar refractivity (Wildman–Crippen MR) is 86.4 cm³/mol. The first-order valence-corrected chi connectivity index (χ1v) is 8.52. The summed E-state index contributed by atoms with van der Waals surface area (Å²) in [6.07, 6.45) is 5.40. The number of piperidine rings is 1. The zero-order valence-electron chi connectivity index (χ0n) is 14.7. The quantitative estimate of drug-likeness (QED) is 0.661. The van der Waals surface area contributed by atoms with Crippen LogP contribution in [0.15, 0.2) is 0 Å². The van der Waals surface area contributed by atoms with Crippen molar-refractivity contribution in [3.8, 4) is 0 Å². The highest BCUT2D eigenvalue weighted by Gasteiger charge is 2.47. The third-order valence-electron chi connectivity index (χ3n) is 6.32. The fraction of sp³-hybridized carbons (Fsp3) is 1.00. The first kappa shape index (κ1) is 17.0. The molecule has 1 aliphatic heterocycles. The van der Waals surface area contributed by atoms with Gasteiger partial charge in [-0.25, -0.2) is 0 Å². The van der Waals surface area contributed by atoms with Crippen LogP contribution in [0.3, 0.4) is 0 Å². The van der Waals surface area contributed by atoms with Crippen LogP contribution in [-0.2, 0) is 0 Å². The van der Waals surface area contributed by atoms with E-state index >= 15 is 0 Å². The van der Waals surface area contributed by atoms with Gasteiger partial charge in [-0.15, -0.1) is 0 Å². The Morgan fingerprint density at radius 1 is 1.05 bits per heavy atom. The fourth-order valence-electron chi connectivity index (χ4n) is 4.38. The van der Waals surface area contributed by atoms with E-state index in [0.29, 0.717) is 5.41 Å². The summed E-state index contributed by atoms with van der Waals surface area (Å²) in [5.74, 6) is 2.53. The van der Waals surface area contributed by atoms with Gasteiger partial charge in [0.1, 0.15) is 0 Å². The summed E-state index contributed by atoms with van der Waals surface area (Å²) in [7, 11) is 2.39. The summed E-state index contributed by atoms with van der Waals surface area (Å²) >= 11 is 0. The fourth-order valence-corrected chi connectivity index (χ4v) is 4.38. The Morgan fingerprint density at radius 2 is 1.63 bits per heavy atom. The van der Waals surface area contributed by atoms with E-state index in [1.807, 2.05) is 0 Å². The Morgan fingerprint density at radius 3 is 2.00 bits per heavy atom. The standard InChI is InChI=1S/C18H37N/c1-9-14-12-15(10-2)19(8)17(16(14)11-3)18(6,7)13(4)5/h13-17H,9-12H2,1-8H3. The van der Waals surface area contributed by atoms with Gasteiger partial charge in [0.2, 0.25) is 0 Å². The Labute approximate surface area is 122 Å². The first-order valence-electron chi connectivity index (χ1n) is 8.52. The zero-order valence-corrected chi connectivity index (χ0v) is 14.7. The highest BCUT2D eigenvalue weighted by Crippen LogP contribution is 2.46. The molecule has 0 aromatic carbocycles. The van der Waals surface area contributed by atoms with Gasteiger partial charge >= 0.3 is 0 Å². The van der Waals surface area contributed by atoms with Gasteiger partial charge in [-0.05, 0) is 43.1 Å². The van der Waals surface area contributed by atoms with Gasteiger partial charge in [-0.2, -0.15) is 0 Å². The minimum absolute atomic E-state index is 0.399. The van der Waals surface area contributed by atoms with Crippen LogP contribution >= 0.6 is 0 Å². The summed E-state index contributed by atoms with van der Waals surface area (Å²) in [6.45, 7) is 16.9. The van der Waals surface area contributed by atoms with Gasteiger partial charge < -0.3 is 0 Å². The highest BCUT2D eigenvalue weighted by atomic mass is 15.2. The molecule has 0 aromatic rings. The summed E-state index contributed by atoms with van der Waals surface area (Å²) in [6, 6.07) is 1.52. The SMILES string of the molecule is CCC1CC(CC)N(C)C(C(C)(C)C(C)C)C1CC. The highest BCUT2D eigenvalue weighted by molar-refractivity contribution is 4.99. The Kier molecular flexibility index (Phi) is 5.92. The van der Waals surface area contributed by atoms with Crippen molar-refractivity contribution in [3.63, 3.8) is 0 Å². The minimum Gasteiger partial charge on any atom is -0.300 e. The van der Waals surface area contributed by atoms with Crippen LogP contribution in [0.2, 0.25) is 0 Å². The lowest BCUT2D eigenvalue weighted by Gasteiger charge is -2.55. The smallest absolute Gasteiger partial charge is 0.0179 e. The second-order valence-corrected chi connectivity index (χ2v) is 7.62. The molecular weight excluding hydrogens is 230 g/mol. The van der Waals surface area contributed by atoms with Gasteiger partial charge in [0.25, 0.3) is 0 Å². The average Bonchev–Trinajstić information content (AvgIpc) is 2.37. The van der Waals surface area contributed by atoms with Crippen molar-refractivity contribution in [1.29, 1.82) is 0 Å². The van der Waals surface area contributed by atoms with Crippen LogP contribution in [0.25, 0.3) is 0 Å². The molecule has 19 heavy (non-hydrogen) atoms. The van der Waals surface area contributed by atoms with Crippen molar-refractivity contribution >= 4 is 0 Å². The van der Waals surface area contributed by atoms with Crippen LogP contribution in [0, 0.1) is 23.2 Å². The second-order valence-electron chi connectivity index (χ2n) is 7.62. The molecule has 1 heterocycles. The van der Waals surface area contributed by atoms with Gasteiger partial charge in [0.15, 0.2) is 0 Å². The molecule has 1 rings (SSSR count). The van der Waals surface area contributed by atoms with Crippen molar-refractivity contribution in [2.75, 3.05) is 7.05 Å². The molecule has 1 fully saturated rings. The lowest BCUT2D eigenvalue weighted by Crippen LogP contribution is -2.59. The topological polar surface area (TPSA) is 3.24 Å². The van der Waals surface area contributed by atoms with E-state index in [1.165, 1.54) is 25.7 Å². The number of likely N-dealkylation sites (tertiary alicyclic amines) is 1. The van der Waals surface area contributed by atoms with Crippen molar-refractivity contribution in [2.24, 2.45) is 23.2 Å². The molecule has 0 bridgehead atoms. The number of rotatable bonds is 5. The molecule has 1 aliphatic rings. The molecule has 0 N–H and O–H groups in total. The Hall–Kier alpha value is -0.0400. The van der Waals surface area contributed by atoms with Crippen molar-refractivity contribution in [1.82, 2.24) is 4.90 Å². The summed E-state index contributed by atoms with van der Waals surface area (Å²) < 4.78 is 0. The van der Waals surface area contributed by atoms with Crippen LogP contribution in [0.4, 0.5) is 0 Å². The predicted octanol–water partition coefficient (Wildman–Crippen LogP) is 5.20. The number of hydrogen-bond donors (Lipinski definition) is 0. The summed E-state index contributed by atoms with van der Waals surface area (Å²) in [5, 5.41) is 0. The van der Waals surface area contributed by atoms with E-state index in [-0.39, 0.29) is 0 Å². The third-order valence-corrected chi connectivity index (χ3v) is 6.32. The van der Waals surface area contributed by atoms with Crippen molar-refractivity contribution < 1.29 is 0 Å². The Bertz CT molecular complexity index is 269. The van der Waals surface area contributed by atoms with Crippen LogP contribution in [0.5, 0.6) is 0 Å². The molecule has 0 aliphatic carbocycles. The number of nitrogens with zero attached hydrogens (tertiary/aromatic N) is 1. The number of hydrogen-bond acceptors (Lipinski definition) is 1. The van der Waals surface area contributed by atoms with Gasteiger partial charge in [0.05, 0.1) is 0 Å². The maximum absolute atomic E-state index is 2.74. The van der Waals surface area contributed by atoms with Crippen molar-refractivity contribution in [2.45, 2.75) is 86.2 Å². The molecule has 4 unspecified atom stereocenters. The van der Waals surface area contributed by atoms with Crippen LogP contribution < -0.4 is 0 Å². The van der Waals surface area contributed by atoms with E-state index in [1.54, 1.807) is 0 Å². The molecule has 0 spiro atoms. The van der Waals surface area contributed by atoms with Gasteiger partial charge in [-0.3, -0.25) is 4.90 Å². The van der Waals surface area contributed by atoms with Crippen LogP contribution in [-0.4, -0.2) is 24.0 Å². The average molecular weight is 268 g/mol. The van der Waals surface area contributed by atoms with E-state index < -0.39 is 0 Å². The second kappa shape index (κ2) is 6.61.